The van der Waals surface area contributed by atoms with E-state index in [0.29, 0.717) is 6.42 Å². The molecule has 2 N–H and O–H groups in total. The van der Waals surface area contributed by atoms with Gasteiger partial charge in [-0.3, -0.25) is 4.79 Å². The van der Waals surface area contributed by atoms with Gasteiger partial charge in [-0.1, -0.05) is 26.0 Å². The summed E-state index contributed by atoms with van der Waals surface area (Å²) >= 11 is 0. The van der Waals surface area contributed by atoms with Crippen LogP contribution >= 0.6 is 0 Å². The Morgan fingerprint density at radius 1 is 1.35 bits per heavy atom. The zero-order valence-electron chi connectivity index (χ0n) is 11.5. The Kier molecular flexibility index (Phi) is 6.38. The lowest BCUT2D eigenvalue weighted by Crippen LogP contribution is -2.39. The number of benzene rings is 1. The molecule has 1 aromatic rings. The van der Waals surface area contributed by atoms with Crippen molar-refractivity contribution in [1.82, 2.24) is 5.32 Å². The molecule has 0 heterocycles. The van der Waals surface area contributed by atoms with Crippen LogP contribution in [-0.4, -0.2) is 30.3 Å². The van der Waals surface area contributed by atoms with Crippen molar-refractivity contribution in [2.24, 2.45) is 5.92 Å². The van der Waals surface area contributed by atoms with Gasteiger partial charge in [-0.15, -0.1) is 0 Å². The summed E-state index contributed by atoms with van der Waals surface area (Å²) in [6.45, 7) is 0.769. The van der Waals surface area contributed by atoms with Gasteiger partial charge in [-0.2, -0.15) is 8.78 Å². The molecule has 0 aliphatic carbocycles. The van der Waals surface area contributed by atoms with Crippen molar-refractivity contribution in [2.45, 2.75) is 32.9 Å². The Morgan fingerprint density at radius 3 is 2.55 bits per heavy atom. The highest BCUT2D eigenvalue weighted by Crippen LogP contribution is 2.20. The SMILES string of the molecule is CC(C)C(CCO)NC(=O)c1ccccc1OC(F)F. The molecule has 0 aliphatic heterocycles. The maximum atomic E-state index is 12.3. The summed E-state index contributed by atoms with van der Waals surface area (Å²) in [5, 5.41) is 11.7. The third kappa shape index (κ3) is 4.77. The van der Waals surface area contributed by atoms with Crippen LogP contribution in [0.5, 0.6) is 5.75 Å². The number of amides is 1. The zero-order valence-corrected chi connectivity index (χ0v) is 11.5. The van der Waals surface area contributed by atoms with Crippen LogP contribution in [-0.2, 0) is 0 Å². The molecule has 0 spiro atoms. The number of carbonyl (C=O) groups excluding carboxylic acids is 1. The number of aliphatic hydroxyl groups is 1. The van der Waals surface area contributed by atoms with Gasteiger partial charge < -0.3 is 15.2 Å². The highest BCUT2D eigenvalue weighted by molar-refractivity contribution is 5.97. The smallest absolute Gasteiger partial charge is 0.387 e. The fourth-order valence-electron chi connectivity index (χ4n) is 1.81. The van der Waals surface area contributed by atoms with Gasteiger partial charge in [0.25, 0.3) is 5.91 Å². The predicted molar refractivity (Wildman–Crippen MR) is 70.9 cm³/mol. The predicted octanol–water partition coefficient (Wildman–Crippen LogP) is 2.42. The highest BCUT2D eigenvalue weighted by Gasteiger charge is 2.20. The van der Waals surface area contributed by atoms with Crippen LogP contribution in [0.25, 0.3) is 0 Å². The number of alkyl halides is 2. The molecule has 1 unspecified atom stereocenters. The van der Waals surface area contributed by atoms with Crippen LogP contribution in [0.4, 0.5) is 8.78 Å². The molecule has 1 amide bonds. The minimum absolute atomic E-state index is 0.0522. The molecule has 1 atom stereocenters. The van der Waals surface area contributed by atoms with E-state index in [1.54, 1.807) is 6.07 Å². The van der Waals surface area contributed by atoms with E-state index >= 15 is 0 Å². The second kappa shape index (κ2) is 7.79. The van der Waals surface area contributed by atoms with Gasteiger partial charge in [0.2, 0.25) is 0 Å². The minimum Gasteiger partial charge on any atom is -0.434 e. The van der Waals surface area contributed by atoms with Gasteiger partial charge in [0.05, 0.1) is 5.56 Å². The maximum absolute atomic E-state index is 12.3. The number of rotatable bonds is 7. The van der Waals surface area contributed by atoms with Crippen molar-refractivity contribution < 1.29 is 23.4 Å². The quantitative estimate of drug-likeness (QED) is 0.809. The average Bonchev–Trinajstić information content (AvgIpc) is 2.37. The van der Waals surface area contributed by atoms with Crippen molar-refractivity contribution in [2.75, 3.05) is 6.61 Å². The summed E-state index contributed by atoms with van der Waals surface area (Å²) in [4.78, 5) is 12.1. The zero-order chi connectivity index (χ0) is 15.1. The summed E-state index contributed by atoms with van der Waals surface area (Å²) in [6, 6.07) is 5.60. The van der Waals surface area contributed by atoms with Gasteiger partial charge in [0.15, 0.2) is 0 Å². The molecule has 0 aliphatic rings. The summed E-state index contributed by atoms with van der Waals surface area (Å²) in [5.41, 5.74) is 0.0522. The Hall–Kier alpha value is -1.69. The second-order valence-electron chi connectivity index (χ2n) is 4.71. The molecule has 0 bridgehead atoms. The van der Waals surface area contributed by atoms with Crippen LogP contribution in [0.15, 0.2) is 24.3 Å². The molecule has 0 saturated heterocycles. The third-order valence-corrected chi connectivity index (χ3v) is 2.91. The Bertz CT molecular complexity index is 438. The van der Waals surface area contributed by atoms with E-state index in [1.165, 1.54) is 18.2 Å². The first-order chi connectivity index (χ1) is 9.45. The monoisotopic (exact) mass is 287 g/mol. The number of hydrogen-bond acceptors (Lipinski definition) is 3. The summed E-state index contributed by atoms with van der Waals surface area (Å²) in [7, 11) is 0. The summed E-state index contributed by atoms with van der Waals surface area (Å²) in [6.07, 6.45) is 0.404. The summed E-state index contributed by atoms with van der Waals surface area (Å²) in [5.74, 6) is -0.533. The van der Waals surface area contributed by atoms with E-state index in [9.17, 15) is 13.6 Å². The fraction of sp³-hybridized carbons (Fsp3) is 0.500. The standard InChI is InChI=1S/C14H19F2NO3/c1-9(2)11(7-8-18)17-13(19)10-5-3-4-6-12(10)20-14(15)16/h3-6,9,11,14,18H,7-8H2,1-2H3,(H,17,19). The highest BCUT2D eigenvalue weighted by atomic mass is 19.3. The Balaban J connectivity index is 2.85. The van der Waals surface area contributed by atoms with Gasteiger partial charge in [-0.25, -0.2) is 0 Å². The van der Waals surface area contributed by atoms with Crippen LogP contribution in [0, 0.1) is 5.92 Å². The summed E-state index contributed by atoms with van der Waals surface area (Å²) < 4.78 is 28.9. The Morgan fingerprint density at radius 2 is 2.00 bits per heavy atom. The molecular formula is C14H19F2NO3. The van der Waals surface area contributed by atoms with Crippen molar-refractivity contribution in [1.29, 1.82) is 0 Å². The number of aliphatic hydroxyl groups excluding tert-OH is 1. The topological polar surface area (TPSA) is 58.6 Å². The Labute approximate surface area is 116 Å². The van der Waals surface area contributed by atoms with Crippen molar-refractivity contribution in [3.05, 3.63) is 29.8 Å². The molecule has 0 aromatic heterocycles. The van der Waals surface area contributed by atoms with E-state index in [1.807, 2.05) is 13.8 Å². The normalized spacial score (nSPS) is 12.6. The first-order valence-electron chi connectivity index (χ1n) is 6.41. The van der Waals surface area contributed by atoms with E-state index < -0.39 is 12.5 Å². The molecule has 4 nitrogen and oxygen atoms in total. The lowest BCUT2D eigenvalue weighted by Gasteiger charge is -2.22. The van der Waals surface area contributed by atoms with Crippen molar-refractivity contribution in [3.8, 4) is 5.75 Å². The molecule has 20 heavy (non-hydrogen) atoms. The van der Waals surface area contributed by atoms with Crippen LogP contribution < -0.4 is 10.1 Å². The second-order valence-corrected chi connectivity index (χ2v) is 4.71. The molecule has 0 fully saturated rings. The van der Waals surface area contributed by atoms with Crippen LogP contribution in [0.2, 0.25) is 0 Å². The van der Waals surface area contributed by atoms with Gasteiger partial charge in [-0.05, 0) is 24.5 Å². The number of hydrogen-bond donors (Lipinski definition) is 2. The molecule has 112 valence electrons. The van der Waals surface area contributed by atoms with E-state index in [-0.39, 0.29) is 29.9 Å². The fourth-order valence-corrected chi connectivity index (χ4v) is 1.81. The van der Waals surface area contributed by atoms with E-state index in [0.717, 1.165) is 0 Å². The molecule has 6 heteroatoms. The molecule has 0 radical (unpaired) electrons. The maximum Gasteiger partial charge on any atom is 0.387 e. The number of ether oxygens (including phenoxy) is 1. The van der Waals surface area contributed by atoms with E-state index in [4.69, 9.17) is 5.11 Å². The van der Waals surface area contributed by atoms with Gasteiger partial charge in [0.1, 0.15) is 5.75 Å². The number of para-hydroxylation sites is 1. The first kappa shape index (κ1) is 16.4. The third-order valence-electron chi connectivity index (χ3n) is 2.91. The molecule has 1 rings (SSSR count). The van der Waals surface area contributed by atoms with Gasteiger partial charge in [0, 0.05) is 12.6 Å². The largest absolute Gasteiger partial charge is 0.434 e. The van der Waals surface area contributed by atoms with E-state index in [2.05, 4.69) is 10.1 Å². The lowest BCUT2D eigenvalue weighted by atomic mass is 10.0. The first-order valence-corrected chi connectivity index (χ1v) is 6.41. The number of nitrogens with one attached hydrogen (secondary N) is 1. The van der Waals surface area contributed by atoms with Gasteiger partial charge >= 0.3 is 6.61 Å². The van der Waals surface area contributed by atoms with Crippen molar-refractivity contribution in [3.63, 3.8) is 0 Å². The number of halogens is 2. The number of carbonyl (C=O) groups is 1. The lowest BCUT2D eigenvalue weighted by molar-refractivity contribution is -0.0501. The van der Waals surface area contributed by atoms with Crippen molar-refractivity contribution >= 4 is 5.91 Å². The van der Waals surface area contributed by atoms with Crippen LogP contribution in [0.3, 0.4) is 0 Å². The average molecular weight is 287 g/mol. The van der Waals surface area contributed by atoms with Crippen LogP contribution in [0.1, 0.15) is 30.6 Å². The molecular weight excluding hydrogens is 268 g/mol. The molecule has 1 aromatic carbocycles. The molecule has 0 saturated carbocycles. The minimum atomic E-state index is -2.98.